The van der Waals surface area contributed by atoms with Crippen LogP contribution >= 0.6 is 0 Å². The number of methoxy groups -OCH3 is 1. The third kappa shape index (κ3) is 8.21. The van der Waals surface area contributed by atoms with Gasteiger partial charge in [-0.2, -0.15) is 0 Å². The molecule has 1 aliphatic rings. The third-order valence-electron chi connectivity index (χ3n) is 2.77. The van der Waals surface area contributed by atoms with E-state index in [-0.39, 0.29) is 5.75 Å². The zero-order valence-corrected chi connectivity index (χ0v) is 11.8. The van der Waals surface area contributed by atoms with Gasteiger partial charge in [0.15, 0.2) is 0 Å². The number of carbonyl (C=O) groups is 1. The van der Waals surface area contributed by atoms with Crippen LogP contribution in [0.5, 0.6) is 5.75 Å². The number of phenolic OH excluding ortho intramolecular Hbond substituents is 1. The van der Waals surface area contributed by atoms with Gasteiger partial charge >= 0.3 is 5.97 Å². The molecule has 1 aliphatic carbocycles. The molecular formula is C15H24O4. The van der Waals surface area contributed by atoms with Crippen molar-refractivity contribution < 1.29 is 19.7 Å². The largest absolute Gasteiger partial charge is 0.508 e. The second kappa shape index (κ2) is 11.5. The summed E-state index contributed by atoms with van der Waals surface area (Å²) < 4.78 is 4.44. The summed E-state index contributed by atoms with van der Waals surface area (Å²) in [5, 5.41) is 15.9. The maximum Gasteiger partial charge on any atom is 0.337 e. The number of aromatic hydroxyl groups is 1. The molecule has 1 fully saturated rings. The van der Waals surface area contributed by atoms with Gasteiger partial charge in [-0.1, -0.05) is 44.6 Å². The summed E-state index contributed by atoms with van der Waals surface area (Å²) in [5.41, 5.74) is 0.354. The zero-order chi connectivity index (χ0) is 14.5. The number of carbonyl (C=O) groups excluding carboxylic acids is 1. The highest BCUT2D eigenvalue weighted by Gasteiger charge is 2.03. The first-order chi connectivity index (χ1) is 9.24. The molecule has 2 rings (SSSR count). The molecule has 1 saturated carbocycles. The molecule has 4 heteroatoms. The highest BCUT2D eigenvalue weighted by atomic mass is 16.5. The van der Waals surface area contributed by atoms with Crippen molar-refractivity contribution in [3.8, 4) is 5.75 Å². The molecule has 4 nitrogen and oxygen atoms in total. The Morgan fingerprint density at radius 2 is 1.53 bits per heavy atom. The van der Waals surface area contributed by atoms with E-state index in [9.17, 15) is 4.79 Å². The molecule has 0 amide bonds. The number of aliphatic hydroxyl groups is 1. The maximum atomic E-state index is 10.8. The van der Waals surface area contributed by atoms with Crippen LogP contribution in [0.2, 0.25) is 0 Å². The van der Waals surface area contributed by atoms with Gasteiger partial charge in [-0.15, -0.1) is 0 Å². The SMILES string of the molecule is C1CCCCC1.CO.COC(=O)c1cccc(O)c1. The molecule has 0 atom stereocenters. The second-order valence-corrected chi connectivity index (χ2v) is 4.16. The van der Waals surface area contributed by atoms with Crippen LogP contribution in [0.4, 0.5) is 0 Å². The second-order valence-electron chi connectivity index (χ2n) is 4.16. The lowest BCUT2D eigenvalue weighted by molar-refractivity contribution is 0.0600. The molecule has 0 radical (unpaired) electrons. The van der Waals surface area contributed by atoms with E-state index in [0.29, 0.717) is 5.56 Å². The third-order valence-corrected chi connectivity index (χ3v) is 2.77. The van der Waals surface area contributed by atoms with Crippen molar-refractivity contribution in [1.82, 2.24) is 0 Å². The minimum absolute atomic E-state index is 0.0629. The fourth-order valence-corrected chi connectivity index (χ4v) is 1.81. The lowest BCUT2D eigenvalue weighted by Gasteiger charge is -2.05. The van der Waals surface area contributed by atoms with E-state index >= 15 is 0 Å². The first-order valence-corrected chi connectivity index (χ1v) is 6.56. The Kier molecular flexibility index (Phi) is 10.6. The summed E-state index contributed by atoms with van der Waals surface area (Å²) >= 11 is 0. The minimum Gasteiger partial charge on any atom is -0.508 e. The van der Waals surface area contributed by atoms with Crippen molar-refractivity contribution in [3.05, 3.63) is 29.8 Å². The number of hydrogen-bond acceptors (Lipinski definition) is 4. The molecule has 0 spiro atoms. The average Bonchev–Trinajstić information content (AvgIpc) is 2.51. The molecule has 1 aromatic rings. The number of esters is 1. The van der Waals surface area contributed by atoms with E-state index in [4.69, 9.17) is 10.2 Å². The van der Waals surface area contributed by atoms with Crippen LogP contribution < -0.4 is 0 Å². The average molecular weight is 268 g/mol. The highest BCUT2D eigenvalue weighted by molar-refractivity contribution is 5.89. The van der Waals surface area contributed by atoms with Gasteiger partial charge in [0.05, 0.1) is 12.7 Å². The normalized spacial score (nSPS) is 13.2. The van der Waals surface area contributed by atoms with Crippen molar-refractivity contribution in [2.45, 2.75) is 38.5 Å². The van der Waals surface area contributed by atoms with Crippen molar-refractivity contribution >= 4 is 5.97 Å². The van der Waals surface area contributed by atoms with Gasteiger partial charge in [-0.3, -0.25) is 0 Å². The Hall–Kier alpha value is -1.55. The van der Waals surface area contributed by atoms with E-state index in [0.717, 1.165) is 7.11 Å². The van der Waals surface area contributed by atoms with Crippen LogP contribution in [0.1, 0.15) is 48.9 Å². The number of hydrogen-bond donors (Lipinski definition) is 2. The van der Waals surface area contributed by atoms with Crippen molar-refractivity contribution in [2.75, 3.05) is 14.2 Å². The summed E-state index contributed by atoms with van der Waals surface area (Å²) in [7, 11) is 2.30. The first-order valence-electron chi connectivity index (χ1n) is 6.56. The maximum absolute atomic E-state index is 10.8. The fourth-order valence-electron chi connectivity index (χ4n) is 1.81. The topological polar surface area (TPSA) is 66.8 Å². The lowest BCUT2D eigenvalue weighted by atomic mass is 10.0. The van der Waals surface area contributed by atoms with E-state index < -0.39 is 5.97 Å². The predicted octanol–water partition coefficient (Wildman–Crippen LogP) is 3.13. The van der Waals surface area contributed by atoms with Crippen LogP contribution in [0.25, 0.3) is 0 Å². The summed E-state index contributed by atoms with van der Waals surface area (Å²) in [6.07, 6.45) is 9.00. The summed E-state index contributed by atoms with van der Waals surface area (Å²) in [6, 6.07) is 6.01. The lowest BCUT2D eigenvalue weighted by Crippen LogP contribution is -1.99. The molecule has 0 heterocycles. The summed E-state index contributed by atoms with van der Waals surface area (Å²) in [5.74, 6) is -0.381. The smallest absolute Gasteiger partial charge is 0.337 e. The number of phenols is 1. The van der Waals surface area contributed by atoms with E-state index in [2.05, 4.69) is 4.74 Å². The number of ether oxygens (including phenoxy) is 1. The molecule has 0 aromatic heterocycles. The minimum atomic E-state index is -0.444. The Bertz CT molecular complexity index is 334. The molecule has 1 aromatic carbocycles. The predicted molar refractivity (Wildman–Crippen MR) is 75.3 cm³/mol. The van der Waals surface area contributed by atoms with Gasteiger partial charge in [-0.25, -0.2) is 4.79 Å². The van der Waals surface area contributed by atoms with Crippen LogP contribution in [-0.4, -0.2) is 30.4 Å². The quantitative estimate of drug-likeness (QED) is 0.768. The Morgan fingerprint density at radius 1 is 1.05 bits per heavy atom. The van der Waals surface area contributed by atoms with Crippen LogP contribution in [-0.2, 0) is 4.74 Å². The number of benzene rings is 1. The van der Waals surface area contributed by atoms with Crippen molar-refractivity contribution in [3.63, 3.8) is 0 Å². The van der Waals surface area contributed by atoms with Gasteiger partial charge in [0.25, 0.3) is 0 Å². The van der Waals surface area contributed by atoms with Gasteiger partial charge in [0, 0.05) is 7.11 Å². The van der Waals surface area contributed by atoms with Gasteiger partial charge in [0.1, 0.15) is 5.75 Å². The van der Waals surface area contributed by atoms with Crippen molar-refractivity contribution in [2.24, 2.45) is 0 Å². The molecule has 0 saturated heterocycles. The van der Waals surface area contributed by atoms with Gasteiger partial charge in [0.2, 0.25) is 0 Å². The van der Waals surface area contributed by atoms with Crippen LogP contribution in [0, 0.1) is 0 Å². The van der Waals surface area contributed by atoms with Crippen LogP contribution in [0.15, 0.2) is 24.3 Å². The Morgan fingerprint density at radius 3 is 1.89 bits per heavy atom. The molecule has 0 aliphatic heterocycles. The van der Waals surface area contributed by atoms with E-state index in [1.807, 2.05) is 0 Å². The molecular weight excluding hydrogens is 244 g/mol. The molecule has 108 valence electrons. The molecule has 19 heavy (non-hydrogen) atoms. The van der Waals surface area contributed by atoms with Gasteiger partial charge < -0.3 is 14.9 Å². The summed E-state index contributed by atoms with van der Waals surface area (Å²) in [4.78, 5) is 10.8. The fraction of sp³-hybridized carbons (Fsp3) is 0.533. The molecule has 2 N–H and O–H groups in total. The monoisotopic (exact) mass is 268 g/mol. The van der Waals surface area contributed by atoms with Crippen LogP contribution in [0.3, 0.4) is 0 Å². The summed E-state index contributed by atoms with van der Waals surface area (Å²) in [6.45, 7) is 0. The number of aliphatic hydroxyl groups excluding tert-OH is 1. The van der Waals surface area contributed by atoms with Crippen molar-refractivity contribution in [1.29, 1.82) is 0 Å². The highest BCUT2D eigenvalue weighted by Crippen LogP contribution is 2.15. The number of rotatable bonds is 1. The zero-order valence-electron chi connectivity index (χ0n) is 11.8. The molecule has 0 unspecified atom stereocenters. The van der Waals surface area contributed by atoms with Gasteiger partial charge in [-0.05, 0) is 18.2 Å². The standard InChI is InChI=1S/C8H8O3.C6H12.CH4O/c1-11-8(10)6-3-2-4-7(9)5-6;1-2-4-6-5-3-1;1-2/h2-5,9H,1H3;1-6H2;2H,1H3. The van der Waals surface area contributed by atoms with E-state index in [1.54, 1.807) is 12.1 Å². The first kappa shape index (κ1) is 17.4. The van der Waals surface area contributed by atoms with E-state index in [1.165, 1.54) is 57.8 Å². The Balaban J connectivity index is 0.000000341. The molecule has 0 bridgehead atoms. The Labute approximate surface area is 115 Å².